The Balaban J connectivity index is 0.000000226. The number of halogens is 1. The smallest absolute Gasteiger partial charge is 0.347 e. The van der Waals surface area contributed by atoms with Gasteiger partial charge in [0.15, 0.2) is 0 Å². The number of likely N-dealkylation sites (tertiary alicyclic amines) is 1. The van der Waals surface area contributed by atoms with Gasteiger partial charge in [0.05, 0.1) is 0 Å². The number of aromatic hydroxyl groups is 1. The number of para-hydroxylation sites is 1. The van der Waals surface area contributed by atoms with E-state index in [4.69, 9.17) is 37.0 Å². The number of hydrogen-bond acceptors (Lipinski definition) is 8. The molecule has 258 valence electrons. The van der Waals surface area contributed by atoms with Crippen molar-refractivity contribution < 1.29 is 39.2 Å². The molecule has 11 heteroatoms. The van der Waals surface area contributed by atoms with Crippen LogP contribution in [0.4, 0.5) is 5.69 Å². The number of phenols is 1. The number of rotatable bonds is 10. The summed E-state index contributed by atoms with van der Waals surface area (Å²) in [5, 5.41) is 25.9. The minimum Gasteiger partial charge on any atom is -0.507 e. The Morgan fingerprint density at radius 1 is 0.898 bits per heavy atom. The van der Waals surface area contributed by atoms with Crippen LogP contribution in [0.1, 0.15) is 47.7 Å². The zero-order valence-electron chi connectivity index (χ0n) is 27.4. The number of nitrogens with two attached hydrogens (primary N) is 1. The van der Waals surface area contributed by atoms with E-state index in [1.54, 1.807) is 24.3 Å². The van der Waals surface area contributed by atoms with Crippen molar-refractivity contribution in [2.24, 2.45) is 0 Å². The van der Waals surface area contributed by atoms with Gasteiger partial charge in [-0.1, -0.05) is 72.3 Å². The van der Waals surface area contributed by atoms with Crippen LogP contribution in [-0.4, -0.2) is 64.4 Å². The number of carboxylic acids is 2. The fraction of sp³-hybridized carbons (Fsp3) is 0.237. The molecule has 5 rings (SSSR count). The Labute approximate surface area is 291 Å². The third-order valence-electron chi connectivity index (χ3n) is 7.80. The first-order chi connectivity index (χ1) is 23.4. The van der Waals surface area contributed by atoms with Gasteiger partial charge in [-0.2, -0.15) is 0 Å². The van der Waals surface area contributed by atoms with Gasteiger partial charge in [0, 0.05) is 41.6 Å². The molecule has 1 fully saturated rings. The molecule has 10 nitrogen and oxygen atoms in total. The maximum absolute atomic E-state index is 11.7. The lowest BCUT2D eigenvalue weighted by Crippen LogP contribution is -2.31. The molecule has 4 aromatic carbocycles. The quantitative estimate of drug-likeness (QED) is 0.0591. The van der Waals surface area contributed by atoms with E-state index in [0.29, 0.717) is 29.6 Å². The van der Waals surface area contributed by atoms with Gasteiger partial charge in [-0.25, -0.2) is 14.4 Å². The number of carboxylic acid groups (broad SMARTS) is 2. The molecule has 49 heavy (non-hydrogen) atoms. The van der Waals surface area contributed by atoms with E-state index in [-0.39, 0.29) is 11.3 Å². The van der Waals surface area contributed by atoms with Crippen molar-refractivity contribution in [2.45, 2.75) is 37.8 Å². The lowest BCUT2D eigenvalue weighted by Gasteiger charge is -2.32. The largest absolute Gasteiger partial charge is 0.507 e. The molecule has 0 radical (unpaired) electrons. The zero-order valence-corrected chi connectivity index (χ0v) is 28.1. The molecule has 4 aromatic rings. The molecule has 1 saturated heterocycles. The average Bonchev–Trinajstić information content (AvgIpc) is 3.49. The molecule has 0 spiro atoms. The Morgan fingerprint density at radius 3 is 2.00 bits per heavy atom. The van der Waals surface area contributed by atoms with Crippen LogP contribution in [0, 0.1) is 0 Å². The van der Waals surface area contributed by atoms with Gasteiger partial charge in [-0.3, -0.25) is 0 Å². The highest BCUT2D eigenvalue weighted by atomic mass is 35.5. The SMILES string of the molecule is CN1CCCC1CCOC(C)(c1ccccc1)c1ccc(Cl)cc1.Nc1ccc(C(=O)Oc2ccccc2)c(O)c1.O=C(O)C=CC(=O)O. The topological polar surface area (TPSA) is 160 Å². The first kappa shape index (κ1) is 38.3. The van der Waals surface area contributed by atoms with Crippen LogP contribution in [-0.2, 0) is 19.9 Å². The van der Waals surface area contributed by atoms with Crippen molar-refractivity contribution in [3.05, 3.63) is 137 Å². The van der Waals surface area contributed by atoms with Crippen molar-refractivity contribution in [3.63, 3.8) is 0 Å². The van der Waals surface area contributed by atoms with E-state index in [1.807, 2.05) is 24.3 Å². The first-order valence-electron chi connectivity index (χ1n) is 15.5. The van der Waals surface area contributed by atoms with E-state index < -0.39 is 23.5 Å². The van der Waals surface area contributed by atoms with Crippen LogP contribution in [0.2, 0.25) is 5.02 Å². The molecule has 0 bridgehead atoms. The summed E-state index contributed by atoms with van der Waals surface area (Å²) in [5.74, 6) is -2.90. The molecular weight excluding hydrogens is 648 g/mol. The minimum absolute atomic E-state index is 0.0862. The summed E-state index contributed by atoms with van der Waals surface area (Å²) < 4.78 is 11.6. The maximum atomic E-state index is 11.7. The van der Waals surface area contributed by atoms with Crippen molar-refractivity contribution in [3.8, 4) is 11.5 Å². The number of nitrogens with zero attached hydrogens (tertiary/aromatic N) is 1. The zero-order chi connectivity index (χ0) is 35.8. The number of benzene rings is 4. The summed E-state index contributed by atoms with van der Waals surface area (Å²) >= 11 is 6.07. The van der Waals surface area contributed by atoms with Gasteiger partial charge in [-0.05, 0) is 87.3 Å². The van der Waals surface area contributed by atoms with Crippen molar-refractivity contribution >= 4 is 35.2 Å². The van der Waals surface area contributed by atoms with Crippen LogP contribution in [0.15, 0.2) is 115 Å². The van der Waals surface area contributed by atoms with E-state index >= 15 is 0 Å². The van der Waals surface area contributed by atoms with Crippen molar-refractivity contribution in [1.29, 1.82) is 0 Å². The second-order valence-corrected chi connectivity index (χ2v) is 11.7. The second kappa shape index (κ2) is 19.0. The Hall–Kier alpha value is -5.16. The van der Waals surface area contributed by atoms with E-state index in [1.165, 1.54) is 43.1 Å². The van der Waals surface area contributed by atoms with Crippen molar-refractivity contribution in [1.82, 2.24) is 4.90 Å². The van der Waals surface area contributed by atoms with Gasteiger partial charge in [0.25, 0.3) is 0 Å². The maximum Gasteiger partial charge on any atom is 0.347 e. The molecule has 2 atom stereocenters. The van der Waals surface area contributed by atoms with Gasteiger partial charge in [0.2, 0.25) is 0 Å². The Kier molecular flexibility index (Phi) is 14.8. The first-order valence-corrected chi connectivity index (χ1v) is 15.9. The molecule has 1 aliphatic rings. The second-order valence-electron chi connectivity index (χ2n) is 11.3. The molecule has 0 saturated carbocycles. The third-order valence-corrected chi connectivity index (χ3v) is 8.05. The number of nitrogen functional groups attached to an aromatic ring is 1. The van der Waals surface area contributed by atoms with Crippen LogP contribution in [0.5, 0.6) is 11.5 Å². The van der Waals surface area contributed by atoms with Crippen LogP contribution in [0.25, 0.3) is 0 Å². The molecule has 0 aliphatic carbocycles. The van der Waals surface area contributed by atoms with Gasteiger partial charge < -0.3 is 35.4 Å². The lowest BCUT2D eigenvalue weighted by molar-refractivity contribution is -0.134. The third kappa shape index (κ3) is 12.4. The van der Waals surface area contributed by atoms with E-state index in [9.17, 15) is 19.5 Å². The Bertz CT molecular complexity index is 1670. The predicted octanol–water partition coefficient (Wildman–Crippen LogP) is 7.01. The van der Waals surface area contributed by atoms with Crippen molar-refractivity contribution in [2.75, 3.05) is 25.9 Å². The number of ether oxygens (including phenoxy) is 2. The monoisotopic (exact) mass is 688 g/mol. The average molecular weight is 689 g/mol. The van der Waals surface area contributed by atoms with Crippen LogP contribution in [0.3, 0.4) is 0 Å². The van der Waals surface area contributed by atoms with Gasteiger partial charge in [-0.15, -0.1) is 0 Å². The molecule has 1 aliphatic heterocycles. The molecule has 5 N–H and O–H groups in total. The van der Waals surface area contributed by atoms with Crippen LogP contribution < -0.4 is 10.5 Å². The number of phenolic OH excluding ortho intramolecular Hbond substituents is 1. The summed E-state index contributed by atoms with van der Waals surface area (Å²) in [6, 6.07) is 32.0. The Morgan fingerprint density at radius 2 is 1.47 bits per heavy atom. The molecule has 0 amide bonds. The highest BCUT2D eigenvalue weighted by Crippen LogP contribution is 2.34. The molecule has 1 heterocycles. The standard InChI is InChI=1S/C21H26ClNO.C13H11NO3.C4H4O4/c1-21(17-7-4-3-5-8-17,18-10-12-19(22)13-11-18)24-16-14-20-9-6-15-23(20)2;14-9-6-7-11(12(15)8-9)13(16)17-10-4-2-1-3-5-10;5-3(6)1-2-4(7)8/h3-5,7-8,10-13,20H,6,9,14-16H2,1-2H3;1-8,15H,14H2;1-2H,(H,5,6)(H,7,8). The highest BCUT2D eigenvalue weighted by molar-refractivity contribution is 6.30. The number of hydrogen-bond donors (Lipinski definition) is 4. The molecule has 2 unspecified atom stereocenters. The summed E-state index contributed by atoms with van der Waals surface area (Å²) in [5.41, 5.74) is 7.80. The van der Waals surface area contributed by atoms with Crippen LogP contribution >= 0.6 is 11.6 Å². The summed E-state index contributed by atoms with van der Waals surface area (Å²) in [6.45, 7) is 4.12. The predicted molar refractivity (Wildman–Crippen MR) is 189 cm³/mol. The van der Waals surface area contributed by atoms with E-state index in [2.05, 4.69) is 55.3 Å². The lowest BCUT2D eigenvalue weighted by atomic mass is 9.88. The molecular formula is C38H41ClN2O8. The summed E-state index contributed by atoms with van der Waals surface area (Å²) in [6.07, 6.45) is 4.77. The number of carbonyl (C=O) groups is 3. The fourth-order valence-electron chi connectivity index (χ4n) is 5.11. The van der Waals surface area contributed by atoms with Gasteiger partial charge in [0.1, 0.15) is 22.7 Å². The highest BCUT2D eigenvalue weighted by Gasteiger charge is 2.31. The van der Waals surface area contributed by atoms with E-state index in [0.717, 1.165) is 23.6 Å². The molecule has 0 aromatic heterocycles. The number of anilines is 1. The number of esters is 1. The fourth-order valence-corrected chi connectivity index (χ4v) is 5.24. The normalized spacial score (nSPS) is 15.2. The summed E-state index contributed by atoms with van der Waals surface area (Å²) in [7, 11) is 2.22. The summed E-state index contributed by atoms with van der Waals surface area (Å²) in [4.78, 5) is 33.3. The van der Waals surface area contributed by atoms with Gasteiger partial charge >= 0.3 is 17.9 Å². The minimum atomic E-state index is -1.26. The number of carbonyl (C=O) groups excluding carboxylic acids is 1. The number of aliphatic carboxylic acids is 2.